The minimum Gasteiger partial charge on any atom is -0.465 e. The molecule has 1 fully saturated rings. The largest absolute Gasteiger partial charge is 0.465 e. The summed E-state index contributed by atoms with van der Waals surface area (Å²) in [6, 6.07) is 2.13. The lowest BCUT2D eigenvalue weighted by Gasteiger charge is -2.65. The number of ether oxygens (including phenoxy) is 1. The van der Waals surface area contributed by atoms with Gasteiger partial charge in [-0.05, 0) is 73.8 Å². The SMILES string of the molecule is CCC(C)(C)CC[C@@](C)(CC[C@]1(C)[C@](C)(O)C(=O)C=C2[C@@]3(C)C=C(C#N)C(=O)C(C)(C)[C@@H]3CC[C@]21C)COC(C)=O. The van der Waals surface area contributed by atoms with Crippen molar-refractivity contribution in [2.45, 2.75) is 127 Å². The third-order valence-electron chi connectivity index (χ3n) is 12.4. The smallest absolute Gasteiger partial charge is 0.302 e. The number of aliphatic hydroxyl groups is 1. The molecule has 6 heteroatoms. The molecule has 3 aliphatic carbocycles. The molecule has 3 rings (SSSR count). The summed E-state index contributed by atoms with van der Waals surface area (Å²) < 4.78 is 5.58. The van der Waals surface area contributed by atoms with Crippen molar-refractivity contribution >= 4 is 17.5 Å². The fraction of sp³-hybridized carbons (Fsp3) is 0.771. The minimum atomic E-state index is -1.61. The van der Waals surface area contributed by atoms with Crippen molar-refractivity contribution in [3.8, 4) is 6.07 Å². The van der Waals surface area contributed by atoms with Gasteiger partial charge in [0.1, 0.15) is 11.7 Å². The van der Waals surface area contributed by atoms with Crippen molar-refractivity contribution in [1.29, 1.82) is 5.26 Å². The minimum absolute atomic E-state index is 0.0652. The number of Topliss-reactive ketones (excluding diaryl/α,β-unsaturated/α-hetero) is 1. The fourth-order valence-corrected chi connectivity index (χ4v) is 8.29. The summed E-state index contributed by atoms with van der Waals surface area (Å²) in [4.78, 5) is 38.9. The molecule has 0 aliphatic heterocycles. The quantitative estimate of drug-likeness (QED) is 0.293. The molecule has 1 saturated carbocycles. The van der Waals surface area contributed by atoms with Crippen LogP contribution in [0.15, 0.2) is 23.3 Å². The van der Waals surface area contributed by atoms with E-state index in [1.807, 2.05) is 20.8 Å². The van der Waals surface area contributed by atoms with Crippen molar-refractivity contribution in [3.63, 3.8) is 0 Å². The summed E-state index contributed by atoms with van der Waals surface area (Å²) in [5, 5.41) is 21.9. The van der Waals surface area contributed by atoms with Gasteiger partial charge in [0.25, 0.3) is 0 Å². The van der Waals surface area contributed by atoms with Crippen LogP contribution in [0.2, 0.25) is 0 Å². The number of nitriles is 1. The van der Waals surface area contributed by atoms with E-state index in [-0.39, 0.29) is 46.5 Å². The van der Waals surface area contributed by atoms with Crippen LogP contribution in [0.4, 0.5) is 0 Å². The predicted octanol–water partition coefficient (Wildman–Crippen LogP) is 7.30. The van der Waals surface area contributed by atoms with Crippen LogP contribution in [0.3, 0.4) is 0 Å². The van der Waals surface area contributed by atoms with Gasteiger partial charge in [-0.15, -0.1) is 0 Å². The fourth-order valence-electron chi connectivity index (χ4n) is 8.29. The molecule has 1 N–H and O–H groups in total. The maximum atomic E-state index is 13.8. The number of fused-ring (bicyclic) bond motifs is 3. The normalized spacial score (nSPS) is 36.2. The molecule has 0 aromatic rings. The summed E-state index contributed by atoms with van der Waals surface area (Å²) in [5.41, 5.74) is -3.53. The molecule has 0 saturated heterocycles. The van der Waals surface area contributed by atoms with Crippen molar-refractivity contribution < 1.29 is 24.2 Å². The van der Waals surface area contributed by atoms with Crippen molar-refractivity contribution in [1.82, 2.24) is 0 Å². The Bertz CT molecular complexity index is 1220. The van der Waals surface area contributed by atoms with Crippen LogP contribution in [0, 0.1) is 49.7 Å². The Kier molecular flexibility index (Phi) is 8.49. The van der Waals surface area contributed by atoms with Gasteiger partial charge < -0.3 is 9.84 Å². The van der Waals surface area contributed by atoms with E-state index >= 15 is 0 Å². The maximum absolute atomic E-state index is 13.8. The first kappa shape index (κ1) is 33.2. The van der Waals surface area contributed by atoms with Gasteiger partial charge in [0.05, 0.1) is 12.2 Å². The number of rotatable bonds is 9. The van der Waals surface area contributed by atoms with E-state index in [1.165, 1.54) is 6.92 Å². The summed E-state index contributed by atoms with van der Waals surface area (Å²) >= 11 is 0. The molecule has 0 aromatic carbocycles. The molecule has 228 valence electrons. The lowest BCUT2D eigenvalue weighted by Crippen LogP contribution is -2.66. The lowest BCUT2D eigenvalue weighted by molar-refractivity contribution is -0.175. The van der Waals surface area contributed by atoms with Crippen LogP contribution in [0.1, 0.15) is 121 Å². The lowest BCUT2D eigenvalue weighted by atomic mass is 9.38. The monoisotopic (exact) mass is 567 g/mol. The molecule has 0 heterocycles. The number of nitrogens with zero attached hydrogens (tertiary/aromatic N) is 1. The van der Waals surface area contributed by atoms with E-state index in [4.69, 9.17) is 4.74 Å². The number of allylic oxidation sites excluding steroid dienone is 3. The molecule has 0 unspecified atom stereocenters. The molecule has 0 aromatic heterocycles. The van der Waals surface area contributed by atoms with Crippen LogP contribution < -0.4 is 0 Å². The Morgan fingerprint density at radius 3 is 2.24 bits per heavy atom. The zero-order valence-corrected chi connectivity index (χ0v) is 27.4. The third-order valence-corrected chi connectivity index (χ3v) is 12.4. The Balaban J connectivity index is 2.10. The Hall–Kier alpha value is -2.26. The van der Waals surface area contributed by atoms with Crippen LogP contribution in [0.25, 0.3) is 0 Å². The first-order chi connectivity index (χ1) is 18.6. The van der Waals surface area contributed by atoms with Gasteiger partial charge in [-0.25, -0.2) is 0 Å². The third kappa shape index (κ3) is 5.26. The molecule has 0 radical (unpaired) electrons. The molecular weight excluding hydrogens is 514 g/mol. The average Bonchev–Trinajstić information content (AvgIpc) is 2.88. The number of carbonyl (C=O) groups excluding carboxylic acids is 3. The molecular formula is C35H53NO5. The van der Waals surface area contributed by atoms with Gasteiger partial charge in [0, 0.05) is 28.6 Å². The number of carbonyl (C=O) groups is 3. The molecule has 41 heavy (non-hydrogen) atoms. The van der Waals surface area contributed by atoms with Crippen LogP contribution in [-0.2, 0) is 19.1 Å². The Morgan fingerprint density at radius 1 is 1.10 bits per heavy atom. The van der Waals surface area contributed by atoms with Gasteiger partial charge >= 0.3 is 5.97 Å². The van der Waals surface area contributed by atoms with E-state index in [0.717, 1.165) is 37.7 Å². The summed E-state index contributed by atoms with van der Waals surface area (Å²) in [5.74, 6) is -0.843. The highest BCUT2D eigenvalue weighted by Crippen LogP contribution is 2.70. The number of ketones is 2. The first-order valence-electron chi connectivity index (χ1n) is 15.4. The standard InChI is InChI=1S/C35H53NO5/c1-12-29(3,4)15-16-31(7,22-41-23(2)37)17-18-34(10)33(9)14-13-25-30(5,6)28(39)24(21-36)20-32(25,8)26(33)19-27(38)35(34,11)40/h19-20,25,40H,12-18,22H2,1-11H3/t25-,31-,32-,33+,34-,35+/m0/s1. The second-order valence-electron chi connectivity index (χ2n) is 15.9. The second kappa shape index (κ2) is 10.5. The van der Waals surface area contributed by atoms with Gasteiger partial charge in [0.15, 0.2) is 11.6 Å². The van der Waals surface area contributed by atoms with Gasteiger partial charge in [0.2, 0.25) is 0 Å². The first-order valence-corrected chi connectivity index (χ1v) is 15.4. The van der Waals surface area contributed by atoms with Crippen LogP contribution >= 0.6 is 0 Å². The summed E-state index contributed by atoms with van der Waals surface area (Å²) in [7, 11) is 0. The van der Waals surface area contributed by atoms with Gasteiger partial charge in [-0.1, -0.05) is 74.8 Å². The highest BCUT2D eigenvalue weighted by Gasteiger charge is 2.68. The maximum Gasteiger partial charge on any atom is 0.302 e. The number of esters is 1. The second-order valence-corrected chi connectivity index (χ2v) is 15.9. The molecule has 0 bridgehead atoms. The molecule has 0 spiro atoms. The van der Waals surface area contributed by atoms with Gasteiger partial charge in [-0.2, -0.15) is 5.26 Å². The average molecular weight is 568 g/mol. The highest BCUT2D eigenvalue weighted by molar-refractivity contribution is 6.05. The zero-order valence-electron chi connectivity index (χ0n) is 27.4. The van der Waals surface area contributed by atoms with Crippen molar-refractivity contribution in [2.75, 3.05) is 6.61 Å². The Labute approximate surface area is 248 Å². The summed E-state index contributed by atoms with van der Waals surface area (Å²) in [6.07, 6.45) is 9.00. The topological polar surface area (TPSA) is 104 Å². The van der Waals surface area contributed by atoms with Crippen LogP contribution in [0.5, 0.6) is 0 Å². The van der Waals surface area contributed by atoms with E-state index in [0.29, 0.717) is 12.8 Å². The number of hydrogen-bond acceptors (Lipinski definition) is 6. The molecule has 0 amide bonds. The summed E-state index contributed by atoms with van der Waals surface area (Å²) in [6.45, 7) is 22.3. The molecule has 6 nitrogen and oxygen atoms in total. The van der Waals surface area contributed by atoms with Crippen molar-refractivity contribution in [2.24, 2.45) is 38.4 Å². The Morgan fingerprint density at radius 2 is 1.71 bits per heavy atom. The number of hydrogen-bond donors (Lipinski definition) is 1. The van der Waals surface area contributed by atoms with E-state index < -0.39 is 27.3 Å². The predicted molar refractivity (Wildman–Crippen MR) is 161 cm³/mol. The highest BCUT2D eigenvalue weighted by atomic mass is 16.5. The zero-order chi connectivity index (χ0) is 31.4. The van der Waals surface area contributed by atoms with E-state index in [9.17, 15) is 24.8 Å². The molecule has 3 aliphatic rings. The van der Waals surface area contributed by atoms with Crippen molar-refractivity contribution in [3.05, 3.63) is 23.3 Å². The van der Waals surface area contributed by atoms with Gasteiger partial charge in [-0.3, -0.25) is 14.4 Å². The molecule has 6 atom stereocenters. The van der Waals surface area contributed by atoms with E-state index in [2.05, 4.69) is 47.6 Å². The van der Waals surface area contributed by atoms with E-state index in [1.54, 1.807) is 19.1 Å². The van der Waals surface area contributed by atoms with Crippen LogP contribution in [-0.4, -0.2) is 34.9 Å².